The molecule has 182 valence electrons. The number of fused-ring (bicyclic) bond motifs is 4. The van der Waals surface area contributed by atoms with Gasteiger partial charge in [-0.25, -0.2) is 0 Å². The fourth-order valence-electron chi connectivity index (χ4n) is 6.77. The van der Waals surface area contributed by atoms with E-state index >= 15 is 0 Å². The molecule has 1 aromatic heterocycles. The largest absolute Gasteiger partial charge is 0.371 e. The van der Waals surface area contributed by atoms with Gasteiger partial charge in [-0.05, 0) is 80.1 Å². The Kier molecular flexibility index (Phi) is 5.37. The van der Waals surface area contributed by atoms with Crippen LogP contribution in [0.2, 0.25) is 0 Å². The summed E-state index contributed by atoms with van der Waals surface area (Å²) < 4.78 is 0. The molecule has 0 radical (unpaired) electrons. The molecule has 0 unspecified atom stereocenters. The predicted octanol–water partition coefficient (Wildman–Crippen LogP) is 5.66. The Morgan fingerprint density at radius 3 is 2.51 bits per heavy atom. The number of carbonyl (C=O) groups excluding carboxylic acids is 1. The van der Waals surface area contributed by atoms with Crippen molar-refractivity contribution in [2.45, 2.75) is 64.3 Å². The number of nitrogens with zero attached hydrogens (tertiary/aromatic N) is 2. The number of hydrogen-bond acceptors (Lipinski definition) is 4. The van der Waals surface area contributed by atoms with Gasteiger partial charge in [0.2, 0.25) is 0 Å². The smallest absolute Gasteiger partial charge is 0.195 e. The van der Waals surface area contributed by atoms with Crippen LogP contribution in [0.15, 0.2) is 30.3 Å². The number of piperidine rings is 1. The number of nitrogens with one attached hydrogen (secondary N) is 2. The Bertz CT molecular complexity index is 1320. The SMILES string of the molecule is CCc1cc2c(cc1N1CCC(N3CCCC3)CC1)C(C)(C)c1[nH]c3cc(C=N)ccc3c1C2=O. The highest BCUT2D eigenvalue weighted by Gasteiger charge is 2.40. The predicted molar refractivity (Wildman–Crippen MR) is 144 cm³/mol. The lowest BCUT2D eigenvalue weighted by molar-refractivity contribution is 0.103. The van der Waals surface area contributed by atoms with Crippen LogP contribution in [0.25, 0.3) is 10.9 Å². The number of anilines is 1. The molecule has 2 aromatic carbocycles. The van der Waals surface area contributed by atoms with Crippen LogP contribution in [0, 0.1) is 5.41 Å². The summed E-state index contributed by atoms with van der Waals surface area (Å²) in [6.45, 7) is 11.4. The second-order valence-corrected chi connectivity index (χ2v) is 11.1. The van der Waals surface area contributed by atoms with Gasteiger partial charge in [0.05, 0.1) is 5.56 Å². The van der Waals surface area contributed by atoms with Gasteiger partial charge >= 0.3 is 0 Å². The Morgan fingerprint density at radius 2 is 1.83 bits per heavy atom. The minimum absolute atomic E-state index is 0.122. The number of aryl methyl sites for hydroxylation is 1. The zero-order valence-corrected chi connectivity index (χ0v) is 21.2. The van der Waals surface area contributed by atoms with Gasteiger partial charge in [-0.15, -0.1) is 0 Å². The highest BCUT2D eigenvalue weighted by Crippen LogP contribution is 2.46. The summed E-state index contributed by atoms with van der Waals surface area (Å²) in [5, 5.41) is 8.58. The molecule has 3 heterocycles. The van der Waals surface area contributed by atoms with Crippen LogP contribution in [0.3, 0.4) is 0 Å². The van der Waals surface area contributed by atoms with Crippen LogP contribution in [0.1, 0.15) is 84.8 Å². The van der Waals surface area contributed by atoms with Gasteiger partial charge < -0.3 is 20.2 Å². The maximum atomic E-state index is 13.9. The third-order valence-corrected chi connectivity index (χ3v) is 8.82. The third kappa shape index (κ3) is 3.47. The van der Waals surface area contributed by atoms with Gasteiger partial charge in [0.1, 0.15) is 0 Å². The number of aromatic nitrogens is 1. The highest BCUT2D eigenvalue weighted by atomic mass is 16.1. The Morgan fingerprint density at radius 1 is 1.09 bits per heavy atom. The fourth-order valence-corrected chi connectivity index (χ4v) is 6.77. The summed E-state index contributed by atoms with van der Waals surface area (Å²) in [6, 6.07) is 11.1. The first-order valence-electron chi connectivity index (χ1n) is 13.3. The quantitative estimate of drug-likeness (QED) is 0.486. The average Bonchev–Trinajstić information content (AvgIpc) is 3.55. The Balaban J connectivity index is 1.40. The molecule has 0 saturated carbocycles. The van der Waals surface area contributed by atoms with E-state index in [0.717, 1.165) is 64.4 Å². The highest BCUT2D eigenvalue weighted by molar-refractivity contribution is 6.20. The number of carbonyl (C=O) groups is 1. The van der Waals surface area contributed by atoms with Gasteiger partial charge in [0.15, 0.2) is 5.78 Å². The molecule has 6 rings (SSSR count). The molecule has 35 heavy (non-hydrogen) atoms. The van der Waals surface area contributed by atoms with Gasteiger partial charge in [0.25, 0.3) is 0 Å². The minimum atomic E-state index is -0.308. The monoisotopic (exact) mass is 468 g/mol. The maximum Gasteiger partial charge on any atom is 0.195 e. The standard InChI is InChI=1S/C30H36N4O/c1-4-20-16-23-24(17-26(20)34-13-9-21(10-14-34)33-11-5-6-12-33)30(2,3)29-27(28(23)35)22-8-7-19(18-31)15-25(22)32-29/h7-8,15-18,21,31-32H,4-6,9-14H2,1-3H3. The van der Waals surface area contributed by atoms with E-state index in [-0.39, 0.29) is 11.2 Å². The molecule has 0 amide bonds. The van der Waals surface area contributed by atoms with Gasteiger partial charge in [-0.3, -0.25) is 4.79 Å². The lowest BCUT2D eigenvalue weighted by atomic mass is 9.70. The van der Waals surface area contributed by atoms with Crippen molar-refractivity contribution < 1.29 is 4.79 Å². The summed E-state index contributed by atoms with van der Waals surface area (Å²) >= 11 is 0. The third-order valence-electron chi connectivity index (χ3n) is 8.82. The zero-order chi connectivity index (χ0) is 24.3. The minimum Gasteiger partial charge on any atom is -0.371 e. The van der Waals surface area contributed by atoms with E-state index in [9.17, 15) is 4.79 Å². The van der Waals surface area contributed by atoms with E-state index in [1.807, 2.05) is 18.2 Å². The molecule has 0 atom stereocenters. The molecule has 1 aliphatic carbocycles. The molecular formula is C30H36N4O. The first-order valence-corrected chi connectivity index (χ1v) is 13.3. The Hall–Kier alpha value is -2.92. The van der Waals surface area contributed by atoms with Crippen LogP contribution >= 0.6 is 0 Å². The lowest BCUT2D eigenvalue weighted by Crippen LogP contribution is -2.44. The van der Waals surface area contributed by atoms with Crippen LogP contribution in [-0.2, 0) is 11.8 Å². The summed E-state index contributed by atoms with van der Waals surface area (Å²) in [5.41, 5.74) is 7.84. The second kappa shape index (κ2) is 8.34. The molecule has 3 aliphatic rings. The molecule has 5 heteroatoms. The molecule has 0 spiro atoms. The first kappa shape index (κ1) is 22.5. The van der Waals surface area contributed by atoms with Crippen molar-refractivity contribution in [1.29, 1.82) is 5.41 Å². The molecule has 2 saturated heterocycles. The number of likely N-dealkylation sites (tertiary alicyclic amines) is 1. The van der Waals surface area contributed by atoms with Crippen molar-refractivity contribution in [3.05, 3.63) is 63.8 Å². The van der Waals surface area contributed by atoms with E-state index in [1.54, 1.807) is 0 Å². The van der Waals surface area contributed by atoms with Crippen molar-refractivity contribution >= 4 is 28.6 Å². The molecule has 3 aromatic rings. The van der Waals surface area contributed by atoms with Crippen LogP contribution in [0.4, 0.5) is 5.69 Å². The van der Waals surface area contributed by atoms with Gasteiger partial charge in [0, 0.05) is 58.6 Å². The summed E-state index contributed by atoms with van der Waals surface area (Å²) in [7, 11) is 0. The summed E-state index contributed by atoms with van der Waals surface area (Å²) in [6.07, 6.45) is 7.44. The van der Waals surface area contributed by atoms with Crippen molar-refractivity contribution in [3.8, 4) is 0 Å². The van der Waals surface area contributed by atoms with E-state index in [0.29, 0.717) is 0 Å². The zero-order valence-electron chi connectivity index (χ0n) is 21.2. The lowest BCUT2D eigenvalue weighted by Gasteiger charge is -2.40. The van der Waals surface area contributed by atoms with Crippen molar-refractivity contribution in [3.63, 3.8) is 0 Å². The first-order chi connectivity index (χ1) is 16.9. The number of H-pyrrole nitrogens is 1. The average molecular weight is 469 g/mol. The second-order valence-electron chi connectivity index (χ2n) is 11.1. The fraction of sp³-hybridized carbons (Fsp3) is 0.467. The van der Waals surface area contributed by atoms with Crippen LogP contribution in [0.5, 0.6) is 0 Å². The summed E-state index contributed by atoms with van der Waals surface area (Å²) in [5.74, 6) is 0.122. The van der Waals surface area contributed by atoms with E-state index in [1.165, 1.54) is 56.2 Å². The van der Waals surface area contributed by atoms with Crippen LogP contribution < -0.4 is 4.90 Å². The molecule has 2 aliphatic heterocycles. The topological polar surface area (TPSA) is 63.2 Å². The maximum absolute atomic E-state index is 13.9. The van der Waals surface area contributed by atoms with E-state index in [2.05, 4.69) is 47.7 Å². The number of ketones is 1. The molecule has 0 bridgehead atoms. The van der Waals surface area contributed by atoms with Crippen molar-refractivity contribution in [2.24, 2.45) is 0 Å². The number of hydrogen-bond donors (Lipinski definition) is 2. The molecule has 2 N–H and O–H groups in total. The van der Waals surface area contributed by atoms with E-state index < -0.39 is 0 Å². The number of benzene rings is 2. The summed E-state index contributed by atoms with van der Waals surface area (Å²) in [4.78, 5) is 22.7. The molecule has 2 fully saturated rings. The number of aromatic amines is 1. The van der Waals surface area contributed by atoms with Crippen LogP contribution in [-0.4, -0.2) is 54.1 Å². The van der Waals surface area contributed by atoms with Gasteiger partial charge in [-0.1, -0.05) is 32.9 Å². The van der Waals surface area contributed by atoms with E-state index in [4.69, 9.17) is 5.41 Å². The molecular weight excluding hydrogens is 432 g/mol. The Labute approximate surface area is 208 Å². The van der Waals surface area contributed by atoms with Crippen molar-refractivity contribution in [1.82, 2.24) is 9.88 Å². The normalized spacial score (nSPS) is 20.3. The molecule has 5 nitrogen and oxygen atoms in total. The van der Waals surface area contributed by atoms with Gasteiger partial charge in [-0.2, -0.15) is 0 Å². The number of rotatable bonds is 4. The van der Waals surface area contributed by atoms with Crippen molar-refractivity contribution in [2.75, 3.05) is 31.1 Å².